The van der Waals surface area contributed by atoms with Crippen molar-refractivity contribution in [2.45, 2.75) is 47.8 Å². The number of carboxylic acids is 1. The fourth-order valence-corrected chi connectivity index (χ4v) is 5.39. The largest absolute Gasteiger partial charge is 0.481 e. The lowest BCUT2D eigenvalue weighted by molar-refractivity contribution is -0.140. The molecule has 0 spiro atoms. The summed E-state index contributed by atoms with van der Waals surface area (Å²) in [6, 6.07) is 11.6. The number of tetrazole rings is 1. The number of aromatic nitrogens is 4. The molecule has 3 aromatic rings. The number of aliphatic carboxylic acids is 1. The third-order valence-electron chi connectivity index (χ3n) is 5.38. The van der Waals surface area contributed by atoms with E-state index in [1.807, 2.05) is 30.3 Å². The summed E-state index contributed by atoms with van der Waals surface area (Å²) in [5.74, 6) is -3.07. The highest BCUT2D eigenvalue weighted by atomic mass is 35.5. The van der Waals surface area contributed by atoms with E-state index in [2.05, 4.69) is 31.5 Å². The number of benzene rings is 2. The zero-order valence-electron chi connectivity index (χ0n) is 22.0. The van der Waals surface area contributed by atoms with Gasteiger partial charge in [0.05, 0.1) is 33.9 Å². The zero-order valence-corrected chi connectivity index (χ0v) is 25.1. The summed E-state index contributed by atoms with van der Waals surface area (Å²) in [5.41, 5.74) is 0.943. The van der Waals surface area contributed by atoms with Crippen molar-refractivity contribution in [1.29, 1.82) is 0 Å². The monoisotopic (exact) mass is 653 g/mol. The maximum Gasteiger partial charge on any atom is 0.305 e. The highest BCUT2D eigenvalue weighted by molar-refractivity contribution is 8.12. The van der Waals surface area contributed by atoms with E-state index in [4.69, 9.17) is 23.2 Å². The van der Waals surface area contributed by atoms with Crippen molar-refractivity contribution in [3.05, 3.63) is 64.1 Å². The Balaban J connectivity index is 1.53. The summed E-state index contributed by atoms with van der Waals surface area (Å²) in [6.07, 6.45) is -0.721. The van der Waals surface area contributed by atoms with Crippen LogP contribution in [0.1, 0.15) is 18.9 Å². The topological polar surface area (TPSA) is 185 Å². The highest BCUT2D eigenvalue weighted by Gasteiger charge is 2.28. The lowest BCUT2D eigenvalue weighted by atomic mass is 10.1. The van der Waals surface area contributed by atoms with E-state index in [1.54, 1.807) is 18.2 Å². The van der Waals surface area contributed by atoms with Gasteiger partial charge in [-0.15, -0.1) is 5.10 Å². The molecule has 13 nitrogen and oxygen atoms in total. The van der Waals surface area contributed by atoms with Gasteiger partial charge in [-0.25, -0.2) is 4.68 Å². The van der Waals surface area contributed by atoms with Crippen molar-refractivity contribution < 1.29 is 29.1 Å². The van der Waals surface area contributed by atoms with Crippen LogP contribution in [-0.2, 0) is 31.5 Å². The molecule has 2 atom stereocenters. The van der Waals surface area contributed by atoms with Crippen molar-refractivity contribution in [3.8, 4) is 0 Å². The van der Waals surface area contributed by atoms with E-state index in [1.165, 1.54) is 6.92 Å². The smallest absolute Gasteiger partial charge is 0.305 e. The molecule has 3 rings (SSSR count). The van der Waals surface area contributed by atoms with Gasteiger partial charge in [-0.1, -0.05) is 71.4 Å². The Bertz CT molecular complexity index is 1420. The molecule has 0 fully saturated rings. The molecule has 4 N–H and O–H groups in total. The van der Waals surface area contributed by atoms with Crippen molar-refractivity contribution in [2.24, 2.45) is 0 Å². The molecule has 0 aliphatic rings. The average molecular weight is 655 g/mol. The van der Waals surface area contributed by atoms with Crippen LogP contribution in [0, 0.1) is 0 Å². The molecular weight excluding hydrogens is 629 g/mol. The normalized spacial score (nSPS) is 12.2. The number of hydrogen-bond acceptors (Lipinski definition) is 10. The molecule has 2 unspecified atom stereocenters. The van der Waals surface area contributed by atoms with Crippen LogP contribution >= 0.6 is 46.7 Å². The van der Waals surface area contributed by atoms with Crippen molar-refractivity contribution >= 4 is 75.5 Å². The fraction of sp³-hybridized carbons (Fsp3) is 0.280. The summed E-state index contributed by atoms with van der Waals surface area (Å²) in [5, 5.41) is 28.1. The quantitative estimate of drug-likeness (QED) is 0.200. The number of halogens is 2. The Morgan fingerprint density at radius 3 is 2.36 bits per heavy atom. The number of nitrogens with zero attached hydrogens (tertiary/aromatic N) is 4. The Labute approximate surface area is 258 Å². The minimum absolute atomic E-state index is 0.156. The van der Waals surface area contributed by atoms with Crippen LogP contribution in [0.4, 0.5) is 4.79 Å². The summed E-state index contributed by atoms with van der Waals surface area (Å²) in [6.45, 7) is 0.499. The van der Waals surface area contributed by atoms with Gasteiger partial charge in [0.1, 0.15) is 12.6 Å². The predicted octanol–water partition coefficient (Wildman–Crippen LogP) is 2.81. The van der Waals surface area contributed by atoms with E-state index in [0.29, 0.717) is 20.7 Å². The first-order valence-corrected chi connectivity index (χ1v) is 14.8. The minimum atomic E-state index is -1.45. The number of carbonyl (C=O) groups excluding carboxylic acids is 4. The van der Waals surface area contributed by atoms with E-state index in [-0.39, 0.29) is 11.7 Å². The number of thioether (sulfide) groups is 1. The van der Waals surface area contributed by atoms with Crippen LogP contribution in [0.5, 0.6) is 0 Å². The first-order chi connectivity index (χ1) is 20.0. The Kier molecular flexibility index (Phi) is 12.6. The lowest BCUT2D eigenvalue weighted by Gasteiger charge is -2.20. The number of carbonyl (C=O) groups is 5. The van der Waals surface area contributed by atoms with Crippen molar-refractivity contribution in [2.75, 3.05) is 6.54 Å². The van der Waals surface area contributed by atoms with Crippen LogP contribution in [0.2, 0.25) is 10.0 Å². The van der Waals surface area contributed by atoms with Gasteiger partial charge in [0.2, 0.25) is 17.0 Å². The molecule has 0 saturated carbocycles. The second-order valence-electron chi connectivity index (χ2n) is 8.60. The van der Waals surface area contributed by atoms with Crippen molar-refractivity contribution in [3.63, 3.8) is 0 Å². The Hall–Kier alpha value is -3.66. The number of amides is 3. The van der Waals surface area contributed by atoms with Gasteiger partial charge in [-0.3, -0.25) is 24.0 Å². The molecule has 2 aromatic carbocycles. The summed E-state index contributed by atoms with van der Waals surface area (Å²) >= 11 is 14.4. The van der Waals surface area contributed by atoms with Crippen LogP contribution < -0.4 is 16.0 Å². The number of nitrogens with one attached hydrogen (secondary N) is 3. The Morgan fingerprint density at radius 2 is 1.69 bits per heavy atom. The molecule has 17 heteroatoms. The molecule has 1 aromatic heterocycles. The van der Waals surface area contributed by atoms with Gasteiger partial charge in [-0.05, 0) is 46.8 Å². The molecule has 3 amide bonds. The molecular formula is C25H25Cl2N7O6S2. The fourth-order valence-electron chi connectivity index (χ4n) is 3.30. The summed E-state index contributed by atoms with van der Waals surface area (Å²) in [4.78, 5) is 61.9. The molecule has 42 heavy (non-hydrogen) atoms. The summed E-state index contributed by atoms with van der Waals surface area (Å²) < 4.78 is 1.12. The maximum absolute atomic E-state index is 13.0. The SMILES string of the molecule is CC(NC(=O)CNC(=O)SCc1ccccc1)C(=O)NC(CC(=O)O)C(=O)Cn1nnnc1Sc1c(Cl)cccc1Cl. The van der Waals surface area contributed by atoms with Crippen LogP contribution in [-0.4, -0.2) is 72.7 Å². The summed E-state index contributed by atoms with van der Waals surface area (Å²) in [7, 11) is 0. The molecule has 0 radical (unpaired) electrons. The van der Waals surface area contributed by atoms with Crippen LogP contribution in [0.15, 0.2) is 58.6 Å². The molecule has 0 saturated heterocycles. The number of ketones is 1. The molecule has 0 bridgehead atoms. The first-order valence-electron chi connectivity index (χ1n) is 12.2. The predicted molar refractivity (Wildman–Crippen MR) is 156 cm³/mol. The molecule has 0 aliphatic heterocycles. The lowest BCUT2D eigenvalue weighted by Crippen LogP contribution is -2.52. The van der Waals surface area contributed by atoms with Gasteiger partial charge >= 0.3 is 5.97 Å². The van der Waals surface area contributed by atoms with Gasteiger partial charge < -0.3 is 21.1 Å². The van der Waals surface area contributed by atoms with Gasteiger partial charge in [-0.2, -0.15) is 0 Å². The van der Waals surface area contributed by atoms with Crippen molar-refractivity contribution in [1.82, 2.24) is 36.2 Å². The average Bonchev–Trinajstić information content (AvgIpc) is 3.38. The number of Topliss-reactive ketones (excluding diaryl/α,β-unsaturated/α-hetero) is 1. The highest BCUT2D eigenvalue weighted by Crippen LogP contribution is 2.37. The molecule has 222 valence electrons. The van der Waals surface area contributed by atoms with Gasteiger partial charge in [0.15, 0.2) is 5.78 Å². The third kappa shape index (κ3) is 10.3. The van der Waals surface area contributed by atoms with Crippen LogP contribution in [0.25, 0.3) is 0 Å². The number of carboxylic acid groups (broad SMARTS) is 1. The van der Waals surface area contributed by atoms with E-state index < -0.39 is 53.9 Å². The number of rotatable bonds is 14. The second kappa shape index (κ2) is 16.1. The third-order valence-corrected chi connectivity index (χ3v) is 8.23. The van der Waals surface area contributed by atoms with Gasteiger partial charge in [0, 0.05) is 5.75 Å². The first kappa shape index (κ1) is 32.8. The molecule has 0 aliphatic carbocycles. The standard InChI is InChI=1S/C25H25Cl2N7O6S2/c1-14(29-20(36)11-28-25(40)41-13-15-6-3-2-4-7-15)23(39)30-18(10-21(37)38)19(35)12-34-24(31-32-33-34)42-22-16(26)8-5-9-17(22)27/h2-9,14,18H,10-13H2,1H3,(H,28,40)(H,29,36)(H,30,39)(H,37,38). The van der Waals surface area contributed by atoms with Crippen LogP contribution in [0.3, 0.4) is 0 Å². The van der Waals surface area contributed by atoms with E-state index in [9.17, 15) is 29.1 Å². The Morgan fingerprint density at radius 1 is 1.00 bits per heavy atom. The maximum atomic E-state index is 13.0. The molecule has 1 heterocycles. The van der Waals surface area contributed by atoms with E-state index in [0.717, 1.165) is 33.8 Å². The van der Waals surface area contributed by atoms with Gasteiger partial charge in [0.25, 0.3) is 5.24 Å². The minimum Gasteiger partial charge on any atom is -0.481 e. The second-order valence-corrected chi connectivity index (χ2v) is 11.3. The zero-order chi connectivity index (χ0) is 30.6. The number of hydrogen-bond donors (Lipinski definition) is 4. The van der Waals surface area contributed by atoms with E-state index >= 15 is 0 Å².